The summed E-state index contributed by atoms with van der Waals surface area (Å²) in [4.78, 5) is 20.2. The number of unbranched alkanes of at least 4 members (excludes halogenated alkanes) is 1. The van der Waals surface area contributed by atoms with Gasteiger partial charge in [-0.2, -0.15) is 4.98 Å². The summed E-state index contributed by atoms with van der Waals surface area (Å²) in [6, 6.07) is 11.6. The van der Waals surface area contributed by atoms with Gasteiger partial charge < -0.3 is 14.6 Å². The van der Waals surface area contributed by atoms with E-state index < -0.39 is 38.0 Å². The molecule has 208 valence electrons. The molecule has 0 saturated carbocycles. The number of nitrogens with zero attached hydrogens (tertiary/aromatic N) is 3. The van der Waals surface area contributed by atoms with Gasteiger partial charge in [0.15, 0.2) is 16.4 Å². The number of rotatable bonds is 9. The molecule has 1 N–H and O–H groups in total. The van der Waals surface area contributed by atoms with Gasteiger partial charge in [-0.3, -0.25) is 14.3 Å². The van der Waals surface area contributed by atoms with Crippen molar-refractivity contribution in [2.75, 3.05) is 6.79 Å². The summed E-state index contributed by atoms with van der Waals surface area (Å²) in [6.45, 7) is 3.91. The third kappa shape index (κ3) is 4.92. The van der Waals surface area contributed by atoms with Crippen molar-refractivity contribution in [3.8, 4) is 28.5 Å². The highest BCUT2D eigenvalue weighted by atomic mass is 32.2. The molecule has 0 aliphatic carbocycles. The normalized spacial score (nSPS) is 13.4. The monoisotopic (exact) mass is 565 g/mol. The molecule has 0 fully saturated rings. The van der Waals surface area contributed by atoms with Crippen molar-refractivity contribution in [2.24, 2.45) is 0 Å². The van der Waals surface area contributed by atoms with Crippen LogP contribution < -0.4 is 15.0 Å². The fourth-order valence-electron chi connectivity index (χ4n) is 4.89. The number of benzene rings is 2. The average Bonchev–Trinajstić information content (AvgIpc) is 3.43. The second kappa shape index (κ2) is 11.1. The van der Waals surface area contributed by atoms with Crippen molar-refractivity contribution in [1.82, 2.24) is 14.5 Å². The van der Waals surface area contributed by atoms with Gasteiger partial charge in [0, 0.05) is 23.7 Å². The first-order chi connectivity index (χ1) is 19.3. The van der Waals surface area contributed by atoms with Gasteiger partial charge in [0.05, 0.1) is 17.1 Å². The first kappa shape index (κ1) is 27.3. The Bertz CT molecular complexity index is 1720. The van der Waals surface area contributed by atoms with Crippen LogP contribution in [-0.2, 0) is 16.3 Å². The van der Waals surface area contributed by atoms with E-state index in [1.165, 1.54) is 41.1 Å². The zero-order valence-electron chi connectivity index (χ0n) is 22.0. The quantitative estimate of drug-likeness (QED) is 0.299. The minimum atomic E-state index is -4.49. The molecule has 5 rings (SSSR count). The zero-order chi connectivity index (χ0) is 28.4. The summed E-state index contributed by atoms with van der Waals surface area (Å²) >= 11 is 0. The number of halogens is 1. The topological polar surface area (TPSA) is 121 Å². The maximum Gasteiger partial charge on any atom is 0.296 e. The van der Waals surface area contributed by atoms with Crippen molar-refractivity contribution < 1.29 is 27.4 Å². The van der Waals surface area contributed by atoms with Gasteiger partial charge in [0.1, 0.15) is 11.6 Å². The molecule has 2 aromatic carbocycles. The van der Waals surface area contributed by atoms with Gasteiger partial charge in [-0.05, 0) is 42.7 Å². The summed E-state index contributed by atoms with van der Waals surface area (Å²) < 4.78 is 53.8. The second-order valence-electron chi connectivity index (χ2n) is 9.38. The Morgan fingerprint density at radius 1 is 1.07 bits per heavy atom. The Morgan fingerprint density at radius 2 is 1.85 bits per heavy atom. The number of hydrogen-bond acceptors (Lipinski definition) is 8. The van der Waals surface area contributed by atoms with Gasteiger partial charge >= 0.3 is 0 Å². The van der Waals surface area contributed by atoms with Gasteiger partial charge in [0.25, 0.3) is 5.56 Å². The summed E-state index contributed by atoms with van der Waals surface area (Å²) in [6.07, 6.45) is 4.80. The molecule has 0 radical (unpaired) electrons. The molecular formula is C29H28FN3O6S. The van der Waals surface area contributed by atoms with Crippen LogP contribution in [0.5, 0.6) is 17.4 Å². The Hall–Kier alpha value is -4.25. The highest BCUT2D eigenvalue weighted by Crippen LogP contribution is 2.43. The summed E-state index contributed by atoms with van der Waals surface area (Å²) in [5.41, 5.74) is 0.633. The number of sulfone groups is 1. The Kier molecular flexibility index (Phi) is 7.57. The molecule has 1 aliphatic heterocycles. The average molecular weight is 566 g/mol. The van der Waals surface area contributed by atoms with Crippen molar-refractivity contribution in [3.05, 3.63) is 88.5 Å². The maximum absolute atomic E-state index is 13.8. The third-order valence-corrected chi connectivity index (χ3v) is 8.63. The zero-order valence-corrected chi connectivity index (χ0v) is 22.8. The van der Waals surface area contributed by atoms with E-state index in [-0.39, 0.29) is 17.5 Å². The number of fused-ring (bicyclic) bond motifs is 1. The van der Waals surface area contributed by atoms with Crippen molar-refractivity contribution in [1.29, 1.82) is 0 Å². The van der Waals surface area contributed by atoms with E-state index in [0.29, 0.717) is 47.5 Å². The number of hydrogen-bond donors (Lipinski definition) is 1. The van der Waals surface area contributed by atoms with Crippen LogP contribution in [0, 0.1) is 5.82 Å². The standard InChI is InChI=1S/C29H28FN3O6S/c1-3-5-9-25-32-28(34)27(29(35)33(25)23(4-2)22-7-6-8-24-26(22)39-17-38-24)40(36,37)21-12-10-18(11-13-21)19-14-20(30)16-31-15-19/h6-8,10-16,23,35H,3-5,9,17H2,1-2H3/t23-/m0/s1. The number of aryl methyl sites for hydroxylation is 1. The van der Waals surface area contributed by atoms with Crippen LogP contribution in [0.25, 0.3) is 11.1 Å². The van der Waals surface area contributed by atoms with Gasteiger partial charge in [-0.15, -0.1) is 0 Å². The van der Waals surface area contributed by atoms with Gasteiger partial charge in [-0.1, -0.05) is 44.5 Å². The Labute approximate surface area is 230 Å². The second-order valence-corrected chi connectivity index (χ2v) is 11.3. The number of aromatic nitrogens is 3. The van der Waals surface area contributed by atoms with Crippen LogP contribution >= 0.6 is 0 Å². The molecule has 4 aromatic rings. The molecular weight excluding hydrogens is 537 g/mol. The molecule has 0 saturated heterocycles. The molecule has 11 heteroatoms. The molecule has 0 unspecified atom stereocenters. The summed E-state index contributed by atoms with van der Waals surface area (Å²) in [5, 5.41) is 11.5. The van der Waals surface area contributed by atoms with Crippen LogP contribution in [0.15, 0.2) is 75.5 Å². The minimum absolute atomic E-state index is 0.0428. The van der Waals surface area contributed by atoms with Crippen LogP contribution in [0.3, 0.4) is 0 Å². The molecule has 40 heavy (non-hydrogen) atoms. The Balaban J connectivity index is 1.65. The van der Waals surface area contributed by atoms with Crippen molar-refractivity contribution in [3.63, 3.8) is 0 Å². The fourth-order valence-corrected chi connectivity index (χ4v) is 6.24. The lowest BCUT2D eigenvalue weighted by Crippen LogP contribution is -2.27. The lowest BCUT2D eigenvalue weighted by Gasteiger charge is -2.26. The summed E-state index contributed by atoms with van der Waals surface area (Å²) in [5.74, 6) is 0.107. The van der Waals surface area contributed by atoms with Crippen LogP contribution in [0.2, 0.25) is 0 Å². The third-order valence-electron chi connectivity index (χ3n) is 6.84. The first-order valence-electron chi connectivity index (χ1n) is 12.9. The smallest absolute Gasteiger partial charge is 0.296 e. The number of para-hydroxylation sites is 1. The van der Waals surface area contributed by atoms with Gasteiger partial charge in [-0.25, -0.2) is 12.8 Å². The summed E-state index contributed by atoms with van der Waals surface area (Å²) in [7, 11) is -4.49. The molecule has 1 aliphatic rings. The molecule has 3 heterocycles. The fraction of sp³-hybridized carbons (Fsp3) is 0.276. The number of ether oxygens (including phenoxy) is 2. The van der Waals surface area contributed by atoms with Crippen molar-refractivity contribution >= 4 is 9.84 Å². The van der Waals surface area contributed by atoms with E-state index in [0.717, 1.165) is 12.6 Å². The van der Waals surface area contributed by atoms with Gasteiger partial charge in [0.2, 0.25) is 22.5 Å². The lowest BCUT2D eigenvalue weighted by molar-refractivity contribution is 0.172. The Morgan fingerprint density at radius 3 is 2.55 bits per heavy atom. The molecule has 2 aromatic heterocycles. The van der Waals surface area contributed by atoms with E-state index in [1.807, 2.05) is 19.9 Å². The molecule has 9 nitrogen and oxygen atoms in total. The maximum atomic E-state index is 13.8. The van der Waals surface area contributed by atoms with E-state index in [1.54, 1.807) is 12.1 Å². The van der Waals surface area contributed by atoms with E-state index in [9.17, 15) is 22.7 Å². The van der Waals surface area contributed by atoms with Crippen molar-refractivity contribution in [2.45, 2.75) is 55.4 Å². The van der Waals surface area contributed by atoms with E-state index >= 15 is 0 Å². The first-order valence-corrected chi connectivity index (χ1v) is 14.4. The largest absolute Gasteiger partial charge is 0.493 e. The van der Waals surface area contributed by atoms with Crippen LogP contribution in [0.4, 0.5) is 4.39 Å². The molecule has 0 bridgehead atoms. The highest BCUT2D eigenvalue weighted by Gasteiger charge is 2.33. The highest BCUT2D eigenvalue weighted by molar-refractivity contribution is 7.91. The predicted molar refractivity (Wildman–Crippen MR) is 145 cm³/mol. The molecule has 0 amide bonds. The SMILES string of the molecule is CCCCc1nc(=O)c(S(=O)(=O)c2ccc(-c3cncc(F)c3)cc2)c(O)n1[C@@H](CC)c1cccc2c1OCO2. The lowest BCUT2D eigenvalue weighted by atomic mass is 10.0. The predicted octanol–water partition coefficient (Wildman–Crippen LogP) is 5.05. The minimum Gasteiger partial charge on any atom is -0.493 e. The van der Waals surface area contributed by atoms with E-state index in [4.69, 9.17) is 9.47 Å². The van der Waals surface area contributed by atoms with E-state index in [2.05, 4.69) is 9.97 Å². The number of aromatic hydroxyl groups is 1. The van der Waals surface area contributed by atoms with Crippen LogP contribution in [-0.4, -0.2) is 34.9 Å². The number of pyridine rings is 1. The molecule has 0 spiro atoms. The molecule has 1 atom stereocenters. The van der Waals surface area contributed by atoms with Crippen LogP contribution in [0.1, 0.15) is 50.5 Å².